The maximum Gasteiger partial charge on any atom is 0.127 e. The van der Waals surface area contributed by atoms with Crippen molar-refractivity contribution >= 4 is 0 Å². The molecular weight excluding hydrogens is 262 g/mol. The molecule has 3 rings (SSSR count). The Kier molecular flexibility index (Phi) is 3.84. The third kappa shape index (κ3) is 2.88. The first-order chi connectivity index (χ1) is 10.2. The van der Waals surface area contributed by atoms with Crippen LogP contribution in [0, 0.1) is 13.8 Å². The van der Waals surface area contributed by atoms with Crippen LogP contribution in [-0.4, -0.2) is 13.7 Å². The average Bonchev–Trinajstić information content (AvgIpc) is 2.90. The van der Waals surface area contributed by atoms with Gasteiger partial charge in [-0.3, -0.25) is 0 Å². The lowest BCUT2D eigenvalue weighted by atomic mass is 10.1. The molecule has 1 atom stereocenters. The standard InChI is InChI=1S/C18H21NO2/c1-12-4-5-14(8-13(12)2)10-20-15-6-7-16-17(19-3)11-21-18(16)9-15/h4-9,17,19H,10-11H2,1-3H3. The summed E-state index contributed by atoms with van der Waals surface area (Å²) >= 11 is 0. The Morgan fingerprint density at radius 2 is 2.00 bits per heavy atom. The molecular formula is C18H21NO2. The summed E-state index contributed by atoms with van der Waals surface area (Å²) in [6.45, 7) is 5.51. The van der Waals surface area contributed by atoms with Gasteiger partial charge in [0.1, 0.15) is 24.7 Å². The third-order valence-electron chi connectivity index (χ3n) is 4.09. The Bertz CT molecular complexity index is 652. The zero-order chi connectivity index (χ0) is 14.8. The van der Waals surface area contributed by atoms with E-state index in [9.17, 15) is 0 Å². The van der Waals surface area contributed by atoms with E-state index in [1.807, 2.05) is 19.2 Å². The van der Waals surface area contributed by atoms with Crippen LogP contribution in [0.3, 0.4) is 0 Å². The molecule has 3 nitrogen and oxygen atoms in total. The van der Waals surface area contributed by atoms with Gasteiger partial charge in [0, 0.05) is 11.6 Å². The summed E-state index contributed by atoms with van der Waals surface area (Å²) in [4.78, 5) is 0. The summed E-state index contributed by atoms with van der Waals surface area (Å²) in [6, 6.07) is 12.8. The topological polar surface area (TPSA) is 30.5 Å². The first-order valence-corrected chi connectivity index (χ1v) is 7.30. The summed E-state index contributed by atoms with van der Waals surface area (Å²) in [5.41, 5.74) is 5.00. The van der Waals surface area contributed by atoms with Gasteiger partial charge in [-0.15, -0.1) is 0 Å². The van der Waals surface area contributed by atoms with Crippen LogP contribution in [0.15, 0.2) is 36.4 Å². The Hall–Kier alpha value is -2.00. The minimum absolute atomic E-state index is 0.286. The molecule has 0 saturated heterocycles. The van der Waals surface area contributed by atoms with Gasteiger partial charge in [-0.2, -0.15) is 0 Å². The predicted molar refractivity (Wildman–Crippen MR) is 84.0 cm³/mol. The lowest BCUT2D eigenvalue weighted by molar-refractivity contribution is 0.298. The fourth-order valence-corrected chi connectivity index (χ4v) is 2.58. The van der Waals surface area contributed by atoms with Crippen molar-refractivity contribution in [1.82, 2.24) is 5.32 Å². The van der Waals surface area contributed by atoms with Crippen molar-refractivity contribution in [2.24, 2.45) is 0 Å². The minimum Gasteiger partial charge on any atom is -0.491 e. The van der Waals surface area contributed by atoms with E-state index in [1.54, 1.807) is 0 Å². The monoisotopic (exact) mass is 283 g/mol. The third-order valence-corrected chi connectivity index (χ3v) is 4.09. The quantitative estimate of drug-likeness (QED) is 0.931. The zero-order valence-corrected chi connectivity index (χ0v) is 12.8. The highest BCUT2D eigenvalue weighted by Crippen LogP contribution is 2.35. The van der Waals surface area contributed by atoms with Gasteiger partial charge >= 0.3 is 0 Å². The Labute approximate surface area is 125 Å². The molecule has 0 aromatic heterocycles. The fraction of sp³-hybridized carbons (Fsp3) is 0.333. The summed E-state index contributed by atoms with van der Waals surface area (Å²) in [6.07, 6.45) is 0. The Morgan fingerprint density at radius 3 is 2.76 bits per heavy atom. The number of aryl methyl sites for hydroxylation is 2. The number of hydrogen-bond acceptors (Lipinski definition) is 3. The van der Waals surface area contributed by atoms with Gasteiger partial charge in [-0.25, -0.2) is 0 Å². The van der Waals surface area contributed by atoms with E-state index in [0.29, 0.717) is 13.2 Å². The van der Waals surface area contributed by atoms with Gasteiger partial charge in [-0.1, -0.05) is 18.2 Å². The van der Waals surface area contributed by atoms with Gasteiger partial charge in [0.05, 0.1) is 6.04 Å². The van der Waals surface area contributed by atoms with Crippen LogP contribution in [0.2, 0.25) is 0 Å². The van der Waals surface area contributed by atoms with Crippen molar-refractivity contribution in [3.8, 4) is 11.5 Å². The van der Waals surface area contributed by atoms with E-state index in [1.165, 1.54) is 22.3 Å². The summed E-state index contributed by atoms with van der Waals surface area (Å²) in [7, 11) is 1.95. The number of ether oxygens (including phenoxy) is 2. The second-order valence-corrected chi connectivity index (χ2v) is 5.56. The predicted octanol–water partition coefficient (Wildman–Crippen LogP) is 3.54. The average molecular weight is 283 g/mol. The molecule has 0 amide bonds. The molecule has 0 saturated carbocycles. The number of benzene rings is 2. The number of hydrogen-bond donors (Lipinski definition) is 1. The summed E-state index contributed by atoms with van der Waals surface area (Å²) in [5.74, 6) is 1.77. The fourth-order valence-electron chi connectivity index (χ4n) is 2.58. The van der Waals surface area contributed by atoms with Crippen molar-refractivity contribution in [3.05, 3.63) is 58.7 Å². The number of nitrogens with one attached hydrogen (secondary N) is 1. The molecule has 0 radical (unpaired) electrons. The van der Waals surface area contributed by atoms with Crippen LogP contribution < -0.4 is 14.8 Å². The summed E-state index contributed by atoms with van der Waals surface area (Å²) in [5, 5.41) is 3.24. The number of fused-ring (bicyclic) bond motifs is 1. The molecule has 0 bridgehead atoms. The zero-order valence-electron chi connectivity index (χ0n) is 12.8. The second kappa shape index (κ2) is 5.78. The van der Waals surface area contributed by atoms with Crippen molar-refractivity contribution in [2.75, 3.05) is 13.7 Å². The van der Waals surface area contributed by atoms with Crippen LogP contribution in [0.4, 0.5) is 0 Å². The highest BCUT2D eigenvalue weighted by Gasteiger charge is 2.22. The number of likely N-dealkylation sites (N-methyl/N-ethyl adjacent to an activating group) is 1. The molecule has 3 heteroatoms. The normalized spacial score (nSPS) is 16.4. The van der Waals surface area contributed by atoms with Gasteiger partial charge in [0.2, 0.25) is 0 Å². The molecule has 2 aromatic rings. The van der Waals surface area contributed by atoms with E-state index in [2.05, 4.69) is 43.4 Å². The van der Waals surface area contributed by atoms with E-state index in [-0.39, 0.29) is 6.04 Å². The van der Waals surface area contributed by atoms with Crippen LogP contribution >= 0.6 is 0 Å². The van der Waals surface area contributed by atoms with Gasteiger partial charge < -0.3 is 14.8 Å². The molecule has 21 heavy (non-hydrogen) atoms. The van der Waals surface area contributed by atoms with E-state index < -0.39 is 0 Å². The van der Waals surface area contributed by atoms with Crippen molar-refractivity contribution in [1.29, 1.82) is 0 Å². The molecule has 1 N–H and O–H groups in total. The van der Waals surface area contributed by atoms with Crippen LogP contribution in [0.25, 0.3) is 0 Å². The molecule has 1 heterocycles. The lowest BCUT2D eigenvalue weighted by Crippen LogP contribution is -2.17. The molecule has 1 aliphatic heterocycles. The molecule has 0 spiro atoms. The van der Waals surface area contributed by atoms with E-state index in [4.69, 9.17) is 9.47 Å². The Balaban J connectivity index is 1.70. The summed E-state index contributed by atoms with van der Waals surface area (Å²) < 4.78 is 11.6. The van der Waals surface area contributed by atoms with Gasteiger partial charge in [0.15, 0.2) is 0 Å². The van der Waals surface area contributed by atoms with Crippen molar-refractivity contribution in [3.63, 3.8) is 0 Å². The van der Waals surface area contributed by atoms with Crippen LogP contribution in [0.1, 0.15) is 28.3 Å². The number of rotatable bonds is 4. The molecule has 2 aromatic carbocycles. The Morgan fingerprint density at radius 1 is 1.14 bits per heavy atom. The molecule has 1 unspecified atom stereocenters. The smallest absolute Gasteiger partial charge is 0.127 e. The minimum atomic E-state index is 0.286. The molecule has 0 fully saturated rings. The lowest BCUT2D eigenvalue weighted by Gasteiger charge is -2.10. The van der Waals surface area contributed by atoms with Crippen molar-refractivity contribution < 1.29 is 9.47 Å². The van der Waals surface area contributed by atoms with Crippen molar-refractivity contribution in [2.45, 2.75) is 26.5 Å². The first-order valence-electron chi connectivity index (χ1n) is 7.30. The second-order valence-electron chi connectivity index (χ2n) is 5.56. The maximum atomic E-state index is 5.88. The largest absolute Gasteiger partial charge is 0.491 e. The molecule has 0 aliphatic carbocycles. The van der Waals surface area contributed by atoms with Gasteiger partial charge in [-0.05, 0) is 49.7 Å². The van der Waals surface area contributed by atoms with Crippen LogP contribution in [-0.2, 0) is 6.61 Å². The SMILES string of the molecule is CNC1COc2cc(OCc3ccc(C)c(C)c3)ccc21. The highest BCUT2D eigenvalue weighted by atomic mass is 16.5. The van der Waals surface area contributed by atoms with Gasteiger partial charge in [0.25, 0.3) is 0 Å². The van der Waals surface area contributed by atoms with Crippen LogP contribution in [0.5, 0.6) is 11.5 Å². The van der Waals surface area contributed by atoms with E-state index >= 15 is 0 Å². The molecule has 110 valence electrons. The molecule has 1 aliphatic rings. The maximum absolute atomic E-state index is 5.88. The van der Waals surface area contributed by atoms with E-state index in [0.717, 1.165) is 11.5 Å². The highest BCUT2D eigenvalue weighted by molar-refractivity contribution is 5.45. The first kappa shape index (κ1) is 14.0.